The van der Waals surface area contributed by atoms with Crippen molar-refractivity contribution in [3.8, 4) is 0 Å². The van der Waals surface area contributed by atoms with Crippen LogP contribution in [-0.2, 0) is 0 Å². The van der Waals surface area contributed by atoms with Gasteiger partial charge < -0.3 is 0 Å². The third-order valence-electron chi connectivity index (χ3n) is 2.69. The number of fused-ring (bicyclic) bond motifs is 1. The van der Waals surface area contributed by atoms with Gasteiger partial charge in [0.05, 0.1) is 0 Å². The topological polar surface area (TPSA) is 0 Å². The van der Waals surface area contributed by atoms with E-state index in [2.05, 4.69) is 43.8 Å². The molecule has 2 heteroatoms. The summed E-state index contributed by atoms with van der Waals surface area (Å²) in [5, 5.41) is 0. The molecule has 2 rings (SSSR count). The van der Waals surface area contributed by atoms with Gasteiger partial charge in [0.25, 0.3) is 0 Å². The third-order valence-corrected chi connectivity index (χ3v) is 4.28. The van der Waals surface area contributed by atoms with E-state index < -0.39 is 0 Å². The fourth-order valence-corrected chi connectivity index (χ4v) is 3.13. The second-order valence-electron chi connectivity index (χ2n) is 3.45. The van der Waals surface area contributed by atoms with Crippen LogP contribution in [0.5, 0.6) is 0 Å². The molecule has 1 aromatic carbocycles. The molecular weight excluding hydrogens is 167 g/mol. The molecule has 0 nitrogen and oxygen atoms in total. The van der Waals surface area contributed by atoms with E-state index in [0.717, 1.165) is 5.54 Å². The first kappa shape index (κ1) is 10.9. The maximum absolute atomic E-state index is 2.38. The molecule has 0 saturated carbocycles. The summed E-state index contributed by atoms with van der Waals surface area (Å²) in [6.45, 7) is 4.58. The van der Waals surface area contributed by atoms with E-state index >= 15 is 0 Å². The first-order valence-electron chi connectivity index (χ1n) is 4.60. The molecule has 1 atom stereocenters. The zero-order chi connectivity index (χ0) is 8.55. The number of benzene rings is 1. The summed E-state index contributed by atoms with van der Waals surface area (Å²) in [5.41, 5.74) is 5.29. The monoisotopic (exact) mass is 182 g/mol. The average Bonchev–Trinajstić information content (AvgIpc) is 2.49. The first-order chi connectivity index (χ1) is 5.83. The quantitative estimate of drug-likeness (QED) is 0.579. The summed E-state index contributed by atoms with van der Waals surface area (Å²) in [5.74, 6) is 0. The van der Waals surface area contributed by atoms with Crippen molar-refractivity contribution in [3.05, 3.63) is 41.0 Å². The Hall–Kier alpha value is -0.226. The van der Waals surface area contributed by atoms with Crippen LogP contribution in [0.2, 0.25) is 6.55 Å². The molecule has 0 heterocycles. The third kappa shape index (κ3) is 1.83. The Labute approximate surface area is 94.4 Å². The molecule has 0 aromatic heterocycles. The Morgan fingerprint density at radius 3 is 2.77 bits per heavy atom. The molecule has 0 bridgehead atoms. The van der Waals surface area contributed by atoms with Crippen LogP contribution in [0, 0.1) is 6.92 Å². The number of hydrogen-bond donors (Lipinski definition) is 0. The predicted octanol–water partition coefficient (Wildman–Crippen LogP) is 1.63. The summed E-state index contributed by atoms with van der Waals surface area (Å²) in [7, 11) is 0.0790. The van der Waals surface area contributed by atoms with Crippen molar-refractivity contribution < 1.29 is 0 Å². The van der Waals surface area contributed by atoms with Gasteiger partial charge in [-0.1, -0.05) is 36.9 Å². The molecule has 1 aromatic rings. The summed E-state index contributed by atoms with van der Waals surface area (Å²) >= 11 is 0. The summed E-state index contributed by atoms with van der Waals surface area (Å²) < 4.78 is 0. The van der Waals surface area contributed by atoms with Crippen molar-refractivity contribution >= 4 is 34.5 Å². The molecule has 1 aliphatic carbocycles. The molecule has 64 valence electrons. The average molecular weight is 182 g/mol. The molecule has 0 fully saturated rings. The van der Waals surface area contributed by atoms with Crippen LogP contribution in [0.25, 0.3) is 6.08 Å². The Bertz CT molecular complexity index is 331. The SMILES string of the molecule is C[SiH2]C1C=Cc2c(C)cccc21.[LiH]. The zero-order valence-corrected chi connectivity index (χ0v) is 9.09. The zero-order valence-electron chi connectivity index (χ0n) is 7.67. The van der Waals surface area contributed by atoms with Gasteiger partial charge in [0.1, 0.15) is 0 Å². The molecule has 0 aliphatic heterocycles. The molecule has 1 aliphatic rings. The molecule has 0 radical (unpaired) electrons. The summed E-state index contributed by atoms with van der Waals surface area (Å²) in [6.07, 6.45) is 4.68. The van der Waals surface area contributed by atoms with Gasteiger partial charge in [0.2, 0.25) is 0 Å². The molecular formula is C11H15LiSi. The van der Waals surface area contributed by atoms with E-state index in [1.54, 1.807) is 5.56 Å². The number of allylic oxidation sites excluding steroid dienone is 1. The van der Waals surface area contributed by atoms with Crippen molar-refractivity contribution in [2.75, 3.05) is 0 Å². The molecule has 0 saturated heterocycles. The molecule has 0 amide bonds. The van der Waals surface area contributed by atoms with E-state index in [1.807, 2.05) is 0 Å². The second kappa shape index (κ2) is 4.33. The van der Waals surface area contributed by atoms with Crippen molar-refractivity contribution in [1.29, 1.82) is 0 Å². The van der Waals surface area contributed by atoms with Crippen LogP contribution in [0.4, 0.5) is 0 Å². The maximum atomic E-state index is 2.38. The Kier molecular flexibility index (Phi) is 3.61. The Balaban J connectivity index is 0.000000845. The van der Waals surface area contributed by atoms with Crippen LogP contribution >= 0.6 is 0 Å². The van der Waals surface area contributed by atoms with Crippen molar-refractivity contribution in [3.63, 3.8) is 0 Å². The molecule has 0 spiro atoms. The van der Waals surface area contributed by atoms with Gasteiger partial charge >= 0.3 is 18.9 Å². The number of rotatable bonds is 1. The van der Waals surface area contributed by atoms with Gasteiger partial charge in [0, 0.05) is 9.52 Å². The van der Waals surface area contributed by atoms with E-state index in [1.165, 1.54) is 11.1 Å². The van der Waals surface area contributed by atoms with E-state index in [9.17, 15) is 0 Å². The first-order valence-corrected chi connectivity index (χ1v) is 6.83. The Morgan fingerprint density at radius 1 is 1.31 bits per heavy atom. The van der Waals surface area contributed by atoms with Crippen LogP contribution in [-0.4, -0.2) is 28.4 Å². The molecule has 13 heavy (non-hydrogen) atoms. The normalized spacial score (nSPS) is 19.1. The van der Waals surface area contributed by atoms with Crippen molar-refractivity contribution in [2.24, 2.45) is 0 Å². The van der Waals surface area contributed by atoms with Crippen LogP contribution in [0.15, 0.2) is 24.3 Å². The number of hydrogen-bond acceptors (Lipinski definition) is 0. The van der Waals surface area contributed by atoms with Gasteiger partial charge in [-0.2, -0.15) is 0 Å². The molecule has 1 unspecified atom stereocenters. The second-order valence-corrected chi connectivity index (χ2v) is 5.15. The van der Waals surface area contributed by atoms with E-state index in [4.69, 9.17) is 0 Å². The van der Waals surface area contributed by atoms with E-state index in [-0.39, 0.29) is 28.4 Å². The minimum absolute atomic E-state index is 0. The number of aryl methyl sites for hydroxylation is 1. The standard InChI is InChI=1S/C11H14Si.Li.H/c1-8-4-3-5-10-9(8)6-7-11(10)12-2;;/h3-7,11H,12H2,1-2H3;;. The van der Waals surface area contributed by atoms with Gasteiger partial charge in [-0.3, -0.25) is 0 Å². The van der Waals surface area contributed by atoms with Crippen LogP contribution in [0.1, 0.15) is 22.2 Å². The summed E-state index contributed by atoms with van der Waals surface area (Å²) in [6, 6.07) is 6.66. The van der Waals surface area contributed by atoms with Crippen LogP contribution < -0.4 is 0 Å². The fraction of sp³-hybridized carbons (Fsp3) is 0.273. The van der Waals surface area contributed by atoms with Gasteiger partial charge in [-0.25, -0.2) is 0 Å². The fourth-order valence-electron chi connectivity index (χ4n) is 1.93. The Morgan fingerprint density at radius 2 is 2.08 bits per heavy atom. The van der Waals surface area contributed by atoms with Gasteiger partial charge in [0.15, 0.2) is 0 Å². The van der Waals surface area contributed by atoms with E-state index in [0.29, 0.717) is 0 Å². The minimum atomic E-state index is 0. The molecule has 0 N–H and O–H groups in total. The van der Waals surface area contributed by atoms with Crippen LogP contribution in [0.3, 0.4) is 0 Å². The van der Waals surface area contributed by atoms with Crippen molar-refractivity contribution in [2.45, 2.75) is 19.0 Å². The summed E-state index contributed by atoms with van der Waals surface area (Å²) in [4.78, 5) is 0. The van der Waals surface area contributed by atoms with Gasteiger partial charge in [-0.15, -0.1) is 0 Å². The van der Waals surface area contributed by atoms with Crippen molar-refractivity contribution in [1.82, 2.24) is 0 Å². The van der Waals surface area contributed by atoms with Gasteiger partial charge in [-0.05, 0) is 29.2 Å². The predicted molar refractivity (Wildman–Crippen MR) is 64.5 cm³/mol.